The lowest BCUT2D eigenvalue weighted by Gasteiger charge is -2.08. The average Bonchev–Trinajstić information content (AvgIpc) is 3.29. The van der Waals surface area contributed by atoms with Crippen LogP contribution in [0.15, 0.2) is 35.7 Å². The molecule has 0 bridgehead atoms. The fraction of sp³-hybridized carbons (Fsp3) is 0.211. The van der Waals surface area contributed by atoms with Crippen LogP contribution in [0.1, 0.15) is 27.7 Å². The molecule has 0 radical (unpaired) electrons. The monoisotopic (exact) mass is 401 g/mol. The molecule has 2 heterocycles. The van der Waals surface area contributed by atoms with Crippen LogP contribution in [-0.2, 0) is 11.3 Å². The Morgan fingerprint density at radius 1 is 1.22 bits per heavy atom. The molecule has 0 saturated heterocycles. The van der Waals surface area contributed by atoms with Gasteiger partial charge in [-0.15, -0.1) is 22.7 Å². The number of ether oxygens (including phenoxy) is 1. The first-order valence-electron chi connectivity index (χ1n) is 8.21. The molecule has 0 atom stereocenters. The van der Waals surface area contributed by atoms with Crippen LogP contribution in [0, 0.1) is 6.92 Å². The number of hydrogen-bond acceptors (Lipinski definition) is 6. The third-order valence-corrected chi connectivity index (χ3v) is 5.62. The highest BCUT2D eigenvalue weighted by atomic mass is 32.1. The van der Waals surface area contributed by atoms with Crippen LogP contribution in [-0.4, -0.2) is 23.9 Å². The molecule has 27 heavy (non-hydrogen) atoms. The van der Waals surface area contributed by atoms with Gasteiger partial charge in [-0.2, -0.15) is 0 Å². The molecule has 0 saturated carbocycles. The summed E-state index contributed by atoms with van der Waals surface area (Å²) >= 11 is 2.93. The Kier molecular flexibility index (Phi) is 5.88. The van der Waals surface area contributed by atoms with Crippen molar-refractivity contribution >= 4 is 39.6 Å². The molecule has 6 nitrogen and oxygen atoms in total. The van der Waals surface area contributed by atoms with Crippen LogP contribution < -0.4 is 15.4 Å². The van der Waals surface area contributed by atoms with E-state index in [1.165, 1.54) is 25.4 Å². The number of nitrogens with zero attached hydrogens (tertiary/aromatic N) is 1. The van der Waals surface area contributed by atoms with Crippen molar-refractivity contribution in [3.05, 3.63) is 51.7 Å². The Labute approximate surface area is 165 Å². The van der Waals surface area contributed by atoms with Crippen LogP contribution in [0.25, 0.3) is 10.6 Å². The quantitative estimate of drug-likeness (QED) is 0.652. The maximum Gasteiger partial charge on any atom is 0.261 e. The Balaban J connectivity index is 1.72. The van der Waals surface area contributed by atoms with E-state index < -0.39 is 0 Å². The summed E-state index contributed by atoms with van der Waals surface area (Å²) in [5.41, 5.74) is 2.25. The molecule has 3 aromatic rings. The van der Waals surface area contributed by atoms with Gasteiger partial charge in [0.05, 0.1) is 29.8 Å². The summed E-state index contributed by atoms with van der Waals surface area (Å²) in [4.78, 5) is 30.1. The second kappa shape index (κ2) is 8.32. The van der Waals surface area contributed by atoms with Crippen molar-refractivity contribution in [2.45, 2.75) is 20.4 Å². The number of carbonyl (C=O) groups excluding carboxylic acids is 2. The fourth-order valence-corrected chi connectivity index (χ4v) is 4.12. The average molecular weight is 402 g/mol. The van der Waals surface area contributed by atoms with E-state index in [2.05, 4.69) is 15.6 Å². The number of methoxy groups -OCH3 is 1. The number of carbonyl (C=O) groups is 2. The number of thiazole rings is 1. The number of anilines is 1. The molecule has 1 aromatic carbocycles. The van der Waals surface area contributed by atoms with E-state index in [-0.39, 0.29) is 11.8 Å². The minimum atomic E-state index is -0.256. The Hall–Kier alpha value is -2.71. The predicted molar refractivity (Wildman–Crippen MR) is 109 cm³/mol. The van der Waals surface area contributed by atoms with Crippen molar-refractivity contribution in [1.82, 2.24) is 10.3 Å². The summed E-state index contributed by atoms with van der Waals surface area (Å²) < 4.78 is 5.27. The van der Waals surface area contributed by atoms with E-state index in [0.717, 1.165) is 21.0 Å². The summed E-state index contributed by atoms with van der Waals surface area (Å²) in [6.07, 6.45) is 0. The summed E-state index contributed by atoms with van der Waals surface area (Å²) in [6, 6.07) is 9.39. The molecular formula is C19H19N3O3S2. The van der Waals surface area contributed by atoms with Crippen molar-refractivity contribution < 1.29 is 14.3 Å². The van der Waals surface area contributed by atoms with Gasteiger partial charge < -0.3 is 10.1 Å². The number of amides is 2. The fourth-order valence-electron chi connectivity index (χ4n) is 2.43. The van der Waals surface area contributed by atoms with Crippen molar-refractivity contribution in [1.29, 1.82) is 0 Å². The molecule has 3 rings (SSSR count). The molecular weight excluding hydrogens is 382 g/mol. The van der Waals surface area contributed by atoms with Crippen LogP contribution in [0.2, 0.25) is 0 Å². The molecule has 0 aliphatic heterocycles. The van der Waals surface area contributed by atoms with Gasteiger partial charge in [0.25, 0.3) is 5.91 Å². The number of benzene rings is 1. The van der Waals surface area contributed by atoms with Gasteiger partial charge in [-0.1, -0.05) is 11.6 Å². The van der Waals surface area contributed by atoms with Crippen molar-refractivity contribution in [2.75, 3.05) is 12.4 Å². The molecule has 0 fully saturated rings. The number of hydrogen-bond donors (Lipinski definition) is 2. The zero-order valence-electron chi connectivity index (χ0n) is 15.2. The topological polar surface area (TPSA) is 80.3 Å². The van der Waals surface area contributed by atoms with Crippen LogP contribution in [0.4, 0.5) is 5.13 Å². The number of aromatic nitrogens is 1. The summed E-state index contributed by atoms with van der Waals surface area (Å²) in [7, 11) is 1.54. The van der Waals surface area contributed by atoms with E-state index in [1.54, 1.807) is 23.5 Å². The Bertz CT molecular complexity index is 978. The molecule has 0 aliphatic rings. The lowest BCUT2D eigenvalue weighted by atomic mass is 10.1. The molecule has 0 spiro atoms. The standard InChI is InChI=1S/C19H19N3O3S2/c1-11-4-6-16(25-3)14(8-11)18(24)22-19-21-15(10-26-19)17-7-5-13(27-17)9-20-12(2)23/h4-8,10H,9H2,1-3H3,(H,20,23)(H,21,22,24). The predicted octanol–water partition coefficient (Wildman–Crippen LogP) is 4.08. The number of thiophene rings is 1. The third-order valence-electron chi connectivity index (χ3n) is 3.75. The summed E-state index contributed by atoms with van der Waals surface area (Å²) in [5.74, 6) is 0.208. The van der Waals surface area contributed by atoms with Crippen LogP contribution in [0.3, 0.4) is 0 Å². The second-order valence-electron chi connectivity index (χ2n) is 5.87. The maximum absolute atomic E-state index is 12.6. The van der Waals surface area contributed by atoms with Gasteiger partial charge >= 0.3 is 0 Å². The van der Waals surface area contributed by atoms with Gasteiger partial charge in [-0.05, 0) is 31.2 Å². The van der Waals surface area contributed by atoms with E-state index in [9.17, 15) is 9.59 Å². The minimum absolute atomic E-state index is 0.0600. The van der Waals surface area contributed by atoms with Gasteiger partial charge in [-0.3, -0.25) is 14.9 Å². The molecule has 8 heteroatoms. The van der Waals surface area contributed by atoms with Crippen molar-refractivity contribution in [3.8, 4) is 16.3 Å². The Morgan fingerprint density at radius 2 is 2.04 bits per heavy atom. The molecule has 2 amide bonds. The van der Waals surface area contributed by atoms with E-state index in [1.807, 2.05) is 30.5 Å². The first-order chi connectivity index (χ1) is 13.0. The Morgan fingerprint density at radius 3 is 2.78 bits per heavy atom. The van der Waals surface area contributed by atoms with Crippen molar-refractivity contribution in [3.63, 3.8) is 0 Å². The number of nitrogens with one attached hydrogen (secondary N) is 2. The first-order valence-corrected chi connectivity index (χ1v) is 9.91. The minimum Gasteiger partial charge on any atom is -0.496 e. The highest BCUT2D eigenvalue weighted by molar-refractivity contribution is 7.17. The first kappa shape index (κ1) is 19.1. The van der Waals surface area contributed by atoms with Gasteiger partial charge in [0, 0.05) is 17.2 Å². The second-order valence-corrected chi connectivity index (χ2v) is 7.90. The smallest absolute Gasteiger partial charge is 0.261 e. The summed E-state index contributed by atoms with van der Waals surface area (Å²) in [5, 5.41) is 8.03. The van der Waals surface area contributed by atoms with Gasteiger partial charge in [-0.25, -0.2) is 4.98 Å². The molecule has 2 aromatic heterocycles. The number of aryl methyl sites for hydroxylation is 1. The molecule has 140 valence electrons. The summed E-state index contributed by atoms with van der Waals surface area (Å²) in [6.45, 7) is 3.92. The van der Waals surface area contributed by atoms with Gasteiger partial charge in [0.1, 0.15) is 5.75 Å². The third kappa shape index (κ3) is 4.72. The number of rotatable bonds is 6. The van der Waals surface area contributed by atoms with E-state index in [0.29, 0.717) is 23.0 Å². The zero-order valence-corrected chi connectivity index (χ0v) is 16.8. The molecule has 2 N–H and O–H groups in total. The van der Waals surface area contributed by atoms with Gasteiger partial charge in [0.15, 0.2) is 5.13 Å². The highest BCUT2D eigenvalue weighted by Gasteiger charge is 2.15. The SMILES string of the molecule is COc1ccc(C)cc1C(=O)Nc1nc(-c2ccc(CNC(C)=O)s2)cs1. The molecule has 0 unspecified atom stereocenters. The maximum atomic E-state index is 12.6. The van der Waals surface area contributed by atoms with Crippen LogP contribution >= 0.6 is 22.7 Å². The van der Waals surface area contributed by atoms with E-state index >= 15 is 0 Å². The largest absolute Gasteiger partial charge is 0.496 e. The zero-order chi connectivity index (χ0) is 19.4. The van der Waals surface area contributed by atoms with Crippen LogP contribution in [0.5, 0.6) is 5.75 Å². The van der Waals surface area contributed by atoms with Gasteiger partial charge in [0.2, 0.25) is 5.91 Å². The lowest BCUT2D eigenvalue weighted by molar-refractivity contribution is -0.119. The molecule has 0 aliphatic carbocycles. The normalized spacial score (nSPS) is 10.5. The van der Waals surface area contributed by atoms with Crippen molar-refractivity contribution in [2.24, 2.45) is 0 Å². The lowest BCUT2D eigenvalue weighted by Crippen LogP contribution is -2.17. The highest BCUT2D eigenvalue weighted by Crippen LogP contribution is 2.31. The van der Waals surface area contributed by atoms with E-state index in [4.69, 9.17) is 4.74 Å².